The minimum absolute atomic E-state index is 0.248. The second-order valence-electron chi connectivity index (χ2n) is 6.57. The fraction of sp³-hybridized carbons (Fsp3) is 0.333. The fourth-order valence-corrected chi connectivity index (χ4v) is 3.15. The smallest absolute Gasteiger partial charge is 0.149 e. The van der Waals surface area contributed by atoms with E-state index in [0.29, 0.717) is 13.2 Å². The predicted molar refractivity (Wildman–Crippen MR) is 103 cm³/mol. The Balaban J connectivity index is 1.37. The van der Waals surface area contributed by atoms with Gasteiger partial charge in [-0.15, -0.1) is 0 Å². The minimum Gasteiger partial charge on any atom is -0.376 e. The molecule has 0 amide bonds. The Morgan fingerprint density at radius 2 is 2.00 bits per heavy atom. The van der Waals surface area contributed by atoms with E-state index in [9.17, 15) is 0 Å². The van der Waals surface area contributed by atoms with E-state index in [-0.39, 0.29) is 6.10 Å². The number of aromatic nitrogens is 2. The van der Waals surface area contributed by atoms with Crippen LogP contribution in [-0.4, -0.2) is 29.3 Å². The van der Waals surface area contributed by atoms with Crippen LogP contribution in [0.3, 0.4) is 0 Å². The molecule has 1 aromatic heterocycles. The Morgan fingerprint density at radius 1 is 1.08 bits per heavy atom. The van der Waals surface area contributed by atoms with Crippen molar-refractivity contribution in [1.29, 1.82) is 0 Å². The third-order valence-electron chi connectivity index (χ3n) is 4.49. The molecule has 0 spiro atoms. The Labute approximate surface area is 153 Å². The van der Waals surface area contributed by atoms with Crippen molar-refractivity contribution >= 4 is 22.5 Å². The average Bonchev–Trinajstić information content (AvgIpc) is 2.69. The van der Waals surface area contributed by atoms with Crippen LogP contribution in [0.15, 0.2) is 54.7 Å². The number of para-hydroxylation sites is 2. The molecule has 5 nitrogen and oxygen atoms in total. The summed E-state index contributed by atoms with van der Waals surface area (Å²) in [4.78, 5) is 9.04. The molecule has 0 aliphatic carbocycles. The number of hydrogen-bond acceptors (Lipinski definition) is 5. The summed E-state index contributed by atoms with van der Waals surface area (Å²) in [6.45, 7) is 2.10. The molecule has 1 saturated heterocycles. The van der Waals surface area contributed by atoms with Gasteiger partial charge in [-0.2, -0.15) is 0 Å². The summed E-state index contributed by atoms with van der Waals surface area (Å²) in [6.07, 6.45) is 5.51. The van der Waals surface area contributed by atoms with Crippen molar-refractivity contribution in [2.75, 3.05) is 18.5 Å². The summed E-state index contributed by atoms with van der Waals surface area (Å²) in [6, 6.07) is 16.0. The number of fused-ring (bicyclic) bond motifs is 1. The van der Waals surface area contributed by atoms with Crippen LogP contribution in [-0.2, 0) is 16.1 Å². The second-order valence-corrected chi connectivity index (χ2v) is 6.57. The van der Waals surface area contributed by atoms with Crippen LogP contribution >= 0.6 is 0 Å². The number of nitrogens with zero attached hydrogens (tertiary/aromatic N) is 2. The minimum atomic E-state index is 0.248. The van der Waals surface area contributed by atoms with Gasteiger partial charge in [0.25, 0.3) is 0 Å². The number of hydrogen-bond donors (Lipinski definition) is 1. The van der Waals surface area contributed by atoms with E-state index >= 15 is 0 Å². The van der Waals surface area contributed by atoms with Crippen molar-refractivity contribution in [2.24, 2.45) is 0 Å². The summed E-state index contributed by atoms with van der Waals surface area (Å²) in [5.41, 5.74) is 3.87. The van der Waals surface area contributed by atoms with Gasteiger partial charge < -0.3 is 14.8 Å². The molecule has 0 radical (unpaired) electrons. The second kappa shape index (κ2) is 8.25. The molecule has 2 aromatic carbocycles. The summed E-state index contributed by atoms with van der Waals surface area (Å²) < 4.78 is 11.5. The maximum atomic E-state index is 5.84. The standard InChI is InChI=1S/C21H23N3O2/c1-2-10-20-19(9-1)22-13-21(24-20)23-17-7-5-6-16(12-17)14-25-15-18-8-3-4-11-26-18/h1-2,5-7,9-10,12-13,18H,3-4,8,11,14-15H2,(H,23,24). The lowest BCUT2D eigenvalue weighted by Crippen LogP contribution is -2.24. The number of nitrogens with one attached hydrogen (secondary N) is 1. The Kier molecular flexibility index (Phi) is 5.38. The summed E-state index contributed by atoms with van der Waals surface area (Å²) in [7, 11) is 0. The van der Waals surface area contributed by atoms with Gasteiger partial charge in [0.15, 0.2) is 0 Å². The molecule has 1 fully saturated rings. The van der Waals surface area contributed by atoms with Crippen LogP contribution in [0.4, 0.5) is 11.5 Å². The predicted octanol–water partition coefficient (Wildman–Crippen LogP) is 4.46. The zero-order valence-corrected chi connectivity index (χ0v) is 14.7. The van der Waals surface area contributed by atoms with Gasteiger partial charge in [0.1, 0.15) is 5.82 Å². The van der Waals surface area contributed by atoms with E-state index in [1.807, 2.05) is 36.4 Å². The van der Waals surface area contributed by atoms with Gasteiger partial charge in [-0.3, -0.25) is 4.98 Å². The molecule has 4 rings (SSSR count). The Morgan fingerprint density at radius 3 is 2.88 bits per heavy atom. The fourth-order valence-electron chi connectivity index (χ4n) is 3.15. The van der Waals surface area contributed by atoms with Crippen molar-refractivity contribution < 1.29 is 9.47 Å². The van der Waals surface area contributed by atoms with Gasteiger partial charge in [0, 0.05) is 12.3 Å². The molecule has 1 aliphatic heterocycles. The highest BCUT2D eigenvalue weighted by molar-refractivity contribution is 5.76. The quantitative estimate of drug-likeness (QED) is 0.712. The summed E-state index contributed by atoms with van der Waals surface area (Å²) in [5, 5.41) is 3.32. The molecule has 0 saturated carbocycles. The maximum Gasteiger partial charge on any atom is 0.149 e. The highest BCUT2D eigenvalue weighted by Crippen LogP contribution is 2.19. The van der Waals surface area contributed by atoms with E-state index in [1.54, 1.807) is 6.20 Å². The molecular weight excluding hydrogens is 326 g/mol. The number of ether oxygens (including phenoxy) is 2. The van der Waals surface area contributed by atoms with Crippen molar-refractivity contribution in [2.45, 2.75) is 32.0 Å². The topological polar surface area (TPSA) is 56.3 Å². The van der Waals surface area contributed by atoms with Crippen molar-refractivity contribution in [3.05, 3.63) is 60.3 Å². The van der Waals surface area contributed by atoms with Crippen molar-refractivity contribution in [1.82, 2.24) is 9.97 Å². The summed E-state index contributed by atoms with van der Waals surface area (Å²) >= 11 is 0. The molecule has 26 heavy (non-hydrogen) atoms. The highest BCUT2D eigenvalue weighted by atomic mass is 16.5. The van der Waals surface area contributed by atoms with Crippen LogP contribution in [0.1, 0.15) is 24.8 Å². The van der Waals surface area contributed by atoms with Crippen LogP contribution in [0.25, 0.3) is 11.0 Å². The van der Waals surface area contributed by atoms with E-state index < -0.39 is 0 Å². The largest absolute Gasteiger partial charge is 0.376 e. The van der Waals surface area contributed by atoms with Crippen molar-refractivity contribution in [3.63, 3.8) is 0 Å². The first-order chi connectivity index (χ1) is 12.9. The van der Waals surface area contributed by atoms with Gasteiger partial charge in [-0.1, -0.05) is 24.3 Å². The molecular formula is C21H23N3O2. The van der Waals surface area contributed by atoms with Crippen LogP contribution < -0.4 is 5.32 Å². The number of rotatable bonds is 6. The molecule has 0 bridgehead atoms. The molecule has 134 valence electrons. The van der Waals surface area contributed by atoms with Crippen LogP contribution in [0.5, 0.6) is 0 Å². The van der Waals surface area contributed by atoms with Crippen LogP contribution in [0, 0.1) is 0 Å². The summed E-state index contributed by atoms with van der Waals surface area (Å²) in [5.74, 6) is 0.734. The van der Waals surface area contributed by atoms with E-state index in [4.69, 9.17) is 9.47 Å². The molecule has 2 heterocycles. The average molecular weight is 349 g/mol. The molecule has 5 heteroatoms. The lowest BCUT2D eigenvalue weighted by molar-refractivity contribution is -0.0447. The molecule has 3 aromatic rings. The van der Waals surface area contributed by atoms with E-state index in [2.05, 4.69) is 27.4 Å². The third kappa shape index (κ3) is 4.36. The molecule has 1 unspecified atom stereocenters. The first kappa shape index (κ1) is 16.9. The maximum absolute atomic E-state index is 5.84. The Hall–Kier alpha value is -2.50. The zero-order valence-electron chi connectivity index (χ0n) is 14.7. The SMILES string of the molecule is c1cc(COCC2CCCCO2)cc(Nc2cnc3ccccc3n2)c1. The van der Waals surface area contributed by atoms with Gasteiger partial charge in [-0.05, 0) is 49.1 Å². The monoisotopic (exact) mass is 349 g/mol. The van der Waals surface area contributed by atoms with Crippen molar-refractivity contribution in [3.8, 4) is 0 Å². The highest BCUT2D eigenvalue weighted by Gasteiger charge is 2.13. The normalized spacial score (nSPS) is 17.3. The van der Waals surface area contributed by atoms with E-state index in [1.165, 1.54) is 12.8 Å². The molecule has 1 atom stereocenters. The first-order valence-corrected chi connectivity index (χ1v) is 9.14. The Bertz CT molecular complexity index is 863. The number of benzene rings is 2. The first-order valence-electron chi connectivity index (χ1n) is 9.14. The van der Waals surface area contributed by atoms with Gasteiger partial charge >= 0.3 is 0 Å². The van der Waals surface area contributed by atoms with Gasteiger partial charge in [-0.25, -0.2) is 4.98 Å². The molecule has 1 aliphatic rings. The lowest BCUT2D eigenvalue weighted by Gasteiger charge is -2.22. The van der Waals surface area contributed by atoms with Gasteiger partial charge in [0.2, 0.25) is 0 Å². The van der Waals surface area contributed by atoms with Gasteiger partial charge in [0.05, 0.1) is 36.5 Å². The third-order valence-corrected chi connectivity index (χ3v) is 4.49. The lowest BCUT2D eigenvalue weighted by atomic mass is 10.1. The van der Waals surface area contributed by atoms with E-state index in [0.717, 1.165) is 41.1 Å². The zero-order chi connectivity index (χ0) is 17.6. The number of anilines is 2. The molecule has 1 N–H and O–H groups in total. The van der Waals surface area contributed by atoms with Crippen LogP contribution in [0.2, 0.25) is 0 Å².